The molecule has 0 unspecified atom stereocenters. The van der Waals surface area contributed by atoms with E-state index in [9.17, 15) is 31.1 Å². The number of thioether (sulfide) groups is 1. The Morgan fingerprint density at radius 1 is 0.882 bits per heavy atom. The Bertz CT molecular complexity index is 1120. The van der Waals surface area contributed by atoms with Crippen molar-refractivity contribution in [1.29, 1.82) is 0 Å². The Balaban J connectivity index is 0.000000509. The predicted octanol–water partition coefficient (Wildman–Crippen LogP) is 4.99. The zero-order valence-electron chi connectivity index (χ0n) is 16.5. The number of H-pyrrole nitrogens is 1. The van der Waals surface area contributed by atoms with Crippen molar-refractivity contribution >= 4 is 23.7 Å². The van der Waals surface area contributed by atoms with Gasteiger partial charge in [0.05, 0.1) is 0 Å². The maximum absolute atomic E-state index is 12.2. The lowest BCUT2D eigenvalue weighted by Crippen LogP contribution is -2.21. The molecule has 3 aromatic rings. The van der Waals surface area contributed by atoms with Crippen LogP contribution in [0.1, 0.15) is 16.2 Å². The largest absolute Gasteiger partial charge is 0.573 e. The number of aromatic nitrogens is 3. The highest BCUT2D eigenvalue weighted by Crippen LogP contribution is 2.29. The Morgan fingerprint density at radius 3 is 1.82 bits per heavy atom. The van der Waals surface area contributed by atoms with E-state index >= 15 is 0 Å². The van der Waals surface area contributed by atoms with Gasteiger partial charge in [-0.25, -0.2) is 9.59 Å². The first-order valence-corrected chi connectivity index (χ1v) is 9.77. The lowest BCUT2D eigenvalue weighted by molar-refractivity contribution is -0.274. The van der Waals surface area contributed by atoms with Crippen LogP contribution in [-0.2, 0) is 10.5 Å². The summed E-state index contributed by atoms with van der Waals surface area (Å²) < 4.78 is 72.1. The van der Waals surface area contributed by atoms with Crippen LogP contribution >= 0.6 is 11.8 Å². The maximum atomic E-state index is 12.2. The molecule has 2 aromatic carbocycles. The molecule has 0 radical (unpaired) electrons. The van der Waals surface area contributed by atoms with E-state index in [1.807, 2.05) is 24.3 Å². The summed E-state index contributed by atoms with van der Waals surface area (Å²) in [6.45, 7) is 0. The molecule has 15 heteroatoms. The molecule has 34 heavy (non-hydrogen) atoms. The summed E-state index contributed by atoms with van der Waals surface area (Å²) in [4.78, 5) is 20.8. The molecule has 3 rings (SSSR count). The van der Waals surface area contributed by atoms with Crippen molar-refractivity contribution in [3.63, 3.8) is 0 Å². The van der Waals surface area contributed by atoms with Crippen LogP contribution < -0.4 is 4.74 Å². The number of alkyl halides is 6. The average molecular weight is 509 g/mol. The molecule has 1 aromatic heterocycles. The number of carbonyl (C=O) groups is 2. The van der Waals surface area contributed by atoms with Crippen LogP contribution in [0.4, 0.5) is 26.3 Å². The van der Waals surface area contributed by atoms with Crippen molar-refractivity contribution in [3.05, 3.63) is 59.9 Å². The van der Waals surface area contributed by atoms with Crippen LogP contribution in [0, 0.1) is 0 Å². The number of rotatable bonds is 6. The first-order valence-electron chi connectivity index (χ1n) is 8.78. The molecule has 8 nitrogen and oxygen atoms in total. The fourth-order valence-corrected chi connectivity index (χ4v) is 3.10. The number of halogens is 6. The van der Waals surface area contributed by atoms with Crippen LogP contribution in [-0.4, -0.2) is 50.1 Å². The summed E-state index contributed by atoms with van der Waals surface area (Å²) in [6.07, 6.45) is -9.80. The Kier molecular flexibility index (Phi) is 8.51. The number of hydrogen-bond acceptors (Lipinski definition) is 6. The minimum Gasteiger partial charge on any atom is -0.476 e. The number of carboxylic acids is 2. The highest BCUT2D eigenvalue weighted by Gasteiger charge is 2.38. The molecule has 0 spiro atoms. The molecule has 0 atom stereocenters. The minimum absolute atomic E-state index is 0.111. The van der Waals surface area contributed by atoms with Gasteiger partial charge in [-0.1, -0.05) is 24.3 Å². The highest BCUT2D eigenvalue weighted by atomic mass is 32.2. The molecule has 0 fully saturated rings. The molecule has 3 N–H and O–H groups in total. The van der Waals surface area contributed by atoms with Gasteiger partial charge in [-0.05, 0) is 35.4 Å². The molecule has 0 aliphatic carbocycles. The van der Waals surface area contributed by atoms with Gasteiger partial charge in [0.1, 0.15) is 11.4 Å². The topological polar surface area (TPSA) is 125 Å². The maximum Gasteiger partial charge on any atom is 0.573 e. The number of hydrogen-bond donors (Lipinski definition) is 3. The monoisotopic (exact) mass is 509 g/mol. The zero-order chi connectivity index (χ0) is 25.5. The normalized spacial score (nSPS) is 11.4. The van der Waals surface area contributed by atoms with Crippen molar-refractivity contribution in [2.24, 2.45) is 0 Å². The van der Waals surface area contributed by atoms with Crippen molar-refractivity contribution < 1.29 is 50.9 Å². The van der Waals surface area contributed by atoms with Crippen LogP contribution in [0.25, 0.3) is 11.1 Å². The van der Waals surface area contributed by atoms with E-state index in [1.165, 1.54) is 36.0 Å². The van der Waals surface area contributed by atoms with Gasteiger partial charge in [-0.3, -0.25) is 0 Å². The fourth-order valence-electron chi connectivity index (χ4n) is 2.27. The van der Waals surface area contributed by atoms with Crippen molar-refractivity contribution in [1.82, 2.24) is 15.4 Å². The van der Waals surface area contributed by atoms with Crippen molar-refractivity contribution in [2.75, 3.05) is 0 Å². The number of nitrogens with zero attached hydrogens (tertiary/aromatic N) is 2. The van der Waals surface area contributed by atoms with Crippen LogP contribution in [0.5, 0.6) is 5.75 Å². The summed E-state index contributed by atoms with van der Waals surface area (Å²) >= 11 is 1.39. The quantitative estimate of drug-likeness (QED) is 0.313. The molecular weight excluding hydrogens is 496 g/mol. The number of benzene rings is 2. The fraction of sp³-hybridized carbons (Fsp3) is 0.158. The average Bonchev–Trinajstić information content (AvgIpc) is 3.21. The summed E-state index contributed by atoms with van der Waals surface area (Å²) in [5.41, 5.74) is 1.80. The Labute approximate surface area is 190 Å². The van der Waals surface area contributed by atoms with Crippen LogP contribution in [0.3, 0.4) is 0 Å². The van der Waals surface area contributed by atoms with E-state index in [4.69, 9.17) is 15.0 Å². The second-order valence-corrected chi connectivity index (χ2v) is 7.16. The highest BCUT2D eigenvalue weighted by molar-refractivity contribution is 7.98. The molecule has 0 bridgehead atoms. The van der Waals surface area contributed by atoms with E-state index in [2.05, 4.69) is 20.1 Å². The first kappa shape index (κ1) is 26.5. The standard InChI is InChI=1S/C17H12F3N3O3S.C2HF3O2/c18-17(19,20)26-12-5-1-10(2-6-12)11-3-7-13(8-4-11)27-9-14-15(16(24)25)22-23-21-14;3-2(4,5)1(6)7/h1-8H,9H2,(H,24,25)(H,21,22,23);(H,6,7). The second-order valence-electron chi connectivity index (χ2n) is 6.11. The summed E-state index contributed by atoms with van der Waals surface area (Å²) in [5, 5.41) is 25.8. The first-order chi connectivity index (χ1) is 15.8. The summed E-state index contributed by atoms with van der Waals surface area (Å²) in [5.74, 6) is -3.85. The third-order valence-corrected chi connectivity index (χ3v) is 4.74. The van der Waals surface area contributed by atoms with Gasteiger partial charge in [-0.2, -0.15) is 23.5 Å². The Hall–Kier alpha value is -3.75. The van der Waals surface area contributed by atoms with Crippen molar-refractivity contribution in [2.45, 2.75) is 23.2 Å². The van der Waals surface area contributed by atoms with Gasteiger partial charge < -0.3 is 14.9 Å². The zero-order valence-corrected chi connectivity index (χ0v) is 17.3. The summed E-state index contributed by atoms with van der Waals surface area (Å²) in [6, 6.07) is 12.9. The third kappa shape index (κ3) is 8.31. The Morgan fingerprint density at radius 2 is 1.38 bits per heavy atom. The van der Waals surface area contributed by atoms with E-state index < -0.39 is 24.5 Å². The predicted molar refractivity (Wildman–Crippen MR) is 105 cm³/mol. The van der Waals surface area contributed by atoms with Gasteiger partial charge >= 0.3 is 24.5 Å². The minimum atomic E-state index is -5.08. The van der Waals surface area contributed by atoms with E-state index in [0.717, 1.165) is 16.0 Å². The van der Waals surface area contributed by atoms with Gasteiger partial charge in [0.2, 0.25) is 0 Å². The lowest BCUT2D eigenvalue weighted by Gasteiger charge is -2.09. The molecule has 0 aliphatic heterocycles. The number of aromatic amines is 1. The second kappa shape index (κ2) is 10.9. The number of ether oxygens (including phenoxy) is 1. The SMILES string of the molecule is O=C(O)C(F)(F)F.O=C(O)c1n[nH]nc1CSc1ccc(-c2ccc(OC(F)(F)F)cc2)cc1. The molecule has 0 saturated carbocycles. The van der Waals surface area contributed by atoms with Crippen molar-refractivity contribution in [3.8, 4) is 16.9 Å². The van der Waals surface area contributed by atoms with Crippen LogP contribution in [0.15, 0.2) is 53.4 Å². The van der Waals surface area contributed by atoms with Gasteiger partial charge in [0, 0.05) is 10.6 Å². The van der Waals surface area contributed by atoms with E-state index in [0.29, 0.717) is 11.4 Å². The smallest absolute Gasteiger partial charge is 0.476 e. The van der Waals surface area contributed by atoms with E-state index in [-0.39, 0.29) is 11.4 Å². The molecular formula is C19H13F6N3O5S. The van der Waals surface area contributed by atoms with E-state index in [1.54, 1.807) is 0 Å². The lowest BCUT2D eigenvalue weighted by atomic mass is 10.1. The number of aromatic carboxylic acids is 1. The molecule has 1 heterocycles. The summed E-state index contributed by atoms with van der Waals surface area (Å²) in [7, 11) is 0. The molecule has 0 amide bonds. The molecule has 182 valence electrons. The van der Waals surface area contributed by atoms with Gasteiger partial charge in [-0.15, -0.1) is 30.0 Å². The number of nitrogens with one attached hydrogen (secondary N) is 1. The molecule has 0 aliphatic rings. The van der Waals surface area contributed by atoms with Gasteiger partial charge in [0.15, 0.2) is 5.69 Å². The third-order valence-electron chi connectivity index (χ3n) is 3.72. The molecule has 0 saturated heterocycles. The number of aliphatic carboxylic acids is 1. The number of carboxylic acid groups (broad SMARTS) is 2. The van der Waals surface area contributed by atoms with Crippen LogP contribution in [0.2, 0.25) is 0 Å². The van der Waals surface area contributed by atoms with Gasteiger partial charge in [0.25, 0.3) is 0 Å².